The van der Waals surface area contributed by atoms with E-state index in [0.717, 1.165) is 18.4 Å². The smallest absolute Gasteiger partial charge is 0.252 e. The van der Waals surface area contributed by atoms with Crippen molar-refractivity contribution >= 4 is 11.8 Å². The molecule has 1 aromatic carbocycles. The summed E-state index contributed by atoms with van der Waals surface area (Å²) in [6, 6.07) is 7.10. The van der Waals surface area contributed by atoms with E-state index in [-0.39, 0.29) is 23.8 Å². The van der Waals surface area contributed by atoms with Crippen molar-refractivity contribution in [1.82, 2.24) is 10.2 Å². The van der Waals surface area contributed by atoms with Gasteiger partial charge in [-0.15, -0.1) is 0 Å². The van der Waals surface area contributed by atoms with Gasteiger partial charge in [-0.1, -0.05) is 32.0 Å². The molecule has 2 atom stereocenters. The van der Waals surface area contributed by atoms with Crippen LogP contribution in [-0.4, -0.2) is 41.9 Å². The van der Waals surface area contributed by atoms with Crippen molar-refractivity contribution in [2.75, 3.05) is 13.1 Å². The maximum absolute atomic E-state index is 12.9. The Morgan fingerprint density at radius 3 is 2.28 bits per heavy atom. The number of carbonyl (C=O) groups is 2. The van der Waals surface area contributed by atoms with Gasteiger partial charge in [-0.3, -0.25) is 9.59 Å². The number of carbonyl (C=O) groups excluding carboxylic acids is 2. The number of likely N-dealkylation sites (tertiary alicyclic amines) is 1. The van der Waals surface area contributed by atoms with Crippen molar-refractivity contribution in [2.24, 2.45) is 17.6 Å². The van der Waals surface area contributed by atoms with E-state index < -0.39 is 6.04 Å². The number of nitrogens with one attached hydrogen (secondary N) is 1. The van der Waals surface area contributed by atoms with Gasteiger partial charge >= 0.3 is 0 Å². The van der Waals surface area contributed by atoms with Crippen molar-refractivity contribution in [1.29, 1.82) is 0 Å². The number of hydrogen-bond donors (Lipinski definition) is 2. The highest BCUT2D eigenvalue weighted by Crippen LogP contribution is 2.21. The van der Waals surface area contributed by atoms with Crippen LogP contribution in [0, 0.1) is 18.8 Å². The molecular formula is C20H31N3O2. The first-order chi connectivity index (χ1) is 11.8. The second-order valence-corrected chi connectivity index (χ2v) is 7.53. The molecule has 5 nitrogen and oxygen atoms in total. The third kappa shape index (κ3) is 4.82. The van der Waals surface area contributed by atoms with Crippen LogP contribution in [0.15, 0.2) is 24.3 Å². The number of aryl methyl sites for hydroxylation is 1. The summed E-state index contributed by atoms with van der Waals surface area (Å²) < 4.78 is 0. The minimum atomic E-state index is -0.501. The topological polar surface area (TPSA) is 75.4 Å². The molecule has 0 saturated carbocycles. The van der Waals surface area contributed by atoms with Gasteiger partial charge < -0.3 is 16.0 Å². The Bertz CT molecular complexity index is 605. The van der Waals surface area contributed by atoms with E-state index in [4.69, 9.17) is 5.73 Å². The maximum Gasteiger partial charge on any atom is 0.252 e. The summed E-state index contributed by atoms with van der Waals surface area (Å²) in [5.41, 5.74) is 7.51. The van der Waals surface area contributed by atoms with Crippen molar-refractivity contribution in [3.8, 4) is 0 Å². The van der Waals surface area contributed by atoms with Gasteiger partial charge in [-0.05, 0) is 50.2 Å². The van der Waals surface area contributed by atoms with Crippen LogP contribution >= 0.6 is 0 Å². The number of amides is 2. The summed E-state index contributed by atoms with van der Waals surface area (Å²) >= 11 is 0. The highest BCUT2D eigenvalue weighted by Gasteiger charge is 2.32. The minimum Gasteiger partial charge on any atom is -0.341 e. The van der Waals surface area contributed by atoms with Crippen LogP contribution in [0.4, 0.5) is 0 Å². The molecule has 0 radical (unpaired) electrons. The zero-order chi connectivity index (χ0) is 18.6. The Balaban J connectivity index is 2.04. The second-order valence-electron chi connectivity index (χ2n) is 7.53. The standard InChI is InChI=1S/C20H31N3O2/c1-13(2)18(22-19(24)17-8-6-5-7-14(17)3)20(25)23-11-9-16(10-12-23)15(4)21/h5-8,13,15-16,18H,9-12,21H2,1-4H3,(H,22,24). The number of nitrogens with zero attached hydrogens (tertiary/aromatic N) is 1. The first-order valence-electron chi connectivity index (χ1n) is 9.22. The number of rotatable bonds is 5. The number of hydrogen-bond acceptors (Lipinski definition) is 3. The van der Waals surface area contributed by atoms with E-state index in [9.17, 15) is 9.59 Å². The third-order valence-corrected chi connectivity index (χ3v) is 5.20. The van der Waals surface area contributed by atoms with Crippen LogP contribution in [0.5, 0.6) is 0 Å². The molecule has 1 aliphatic heterocycles. The molecule has 2 rings (SSSR count). The van der Waals surface area contributed by atoms with Gasteiger partial charge in [0, 0.05) is 24.7 Å². The third-order valence-electron chi connectivity index (χ3n) is 5.20. The number of benzene rings is 1. The summed E-state index contributed by atoms with van der Waals surface area (Å²) in [5.74, 6) is 0.338. The zero-order valence-electron chi connectivity index (χ0n) is 15.8. The normalized spacial score (nSPS) is 18.1. The lowest BCUT2D eigenvalue weighted by Crippen LogP contribution is -2.53. The Morgan fingerprint density at radius 2 is 1.76 bits per heavy atom. The van der Waals surface area contributed by atoms with E-state index in [2.05, 4.69) is 5.32 Å². The first kappa shape index (κ1) is 19.4. The molecule has 0 aliphatic carbocycles. The predicted molar refractivity (Wildman–Crippen MR) is 100 cm³/mol. The van der Waals surface area contributed by atoms with Crippen LogP contribution in [-0.2, 0) is 4.79 Å². The van der Waals surface area contributed by atoms with E-state index in [0.29, 0.717) is 24.6 Å². The van der Waals surface area contributed by atoms with Crippen LogP contribution in [0.1, 0.15) is 49.5 Å². The predicted octanol–water partition coefficient (Wildman–Crippen LogP) is 2.34. The molecule has 1 fully saturated rings. The van der Waals surface area contributed by atoms with Crippen LogP contribution < -0.4 is 11.1 Å². The molecule has 1 saturated heterocycles. The molecule has 138 valence electrons. The van der Waals surface area contributed by atoms with Crippen molar-refractivity contribution in [3.63, 3.8) is 0 Å². The molecule has 1 aliphatic rings. The molecule has 1 aromatic rings. The van der Waals surface area contributed by atoms with Gasteiger partial charge in [-0.25, -0.2) is 0 Å². The van der Waals surface area contributed by atoms with Crippen molar-refractivity contribution in [2.45, 2.75) is 52.6 Å². The fourth-order valence-corrected chi connectivity index (χ4v) is 3.40. The lowest BCUT2D eigenvalue weighted by Gasteiger charge is -2.36. The van der Waals surface area contributed by atoms with E-state index in [1.807, 2.05) is 50.8 Å². The number of piperidine rings is 1. The zero-order valence-corrected chi connectivity index (χ0v) is 15.8. The van der Waals surface area contributed by atoms with Crippen molar-refractivity contribution in [3.05, 3.63) is 35.4 Å². The summed E-state index contributed by atoms with van der Waals surface area (Å²) in [4.78, 5) is 27.4. The molecule has 3 N–H and O–H groups in total. The Morgan fingerprint density at radius 1 is 1.16 bits per heavy atom. The molecule has 0 bridgehead atoms. The monoisotopic (exact) mass is 345 g/mol. The van der Waals surface area contributed by atoms with Crippen LogP contribution in [0.2, 0.25) is 0 Å². The van der Waals surface area contributed by atoms with Crippen LogP contribution in [0.25, 0.3) is 0 Å². The minimum absolute atomic E-state index is 0.0139. The Labute approximate surface area is 151 Å². The maximum atomic E-state index is 12.9. The highest BCUT2D eigenvalue weighted by atomic mass is 16.2. The fraction of sp³-hybridized carbons (Fsp3) is 0.600. The van der Waals surface area contributed by atoms with Gasteiger partial charge in [-0.2, -0.15) is 0 Å². The highest BCUT2D eigenvalue weighted by molar-refractivity contribution is 5.98. The summed E-state index contributed by atoms with van der Waals surface area (Å²) in [6.45, 7) is 9.30. The average molecular weight is 345 g/mol. The molecule has 1 heterocycles. The molecule has 25 heavy (non-hydrogen) atoms. The molecule has 0 aromatic heterocycles. The quantitative estimate of drug-likeness (QED) is 0.860. The van der Waals surface area contributed by atoms with Crippen LogP contribution in [0.3, 0.4) is 0 Å². The SMILES string of the molecule is Cc1ccccc1C(=O)NC(C(=O)N1CCC(C(C)N)CC1)C(C)C. The molecular weight excluding hydrogens is 314 g/mol. The van der Waals surface area contributed by atoms with Crippen molar-refractivity contribution < 1.29 is 9.59 Å². The Hall–Kier alpha value is -1.88. The summed E-state index contributed by atoms with van der Waals surface area (Å²) in [6.07, 6.45) is 1.86. The van der Waals surface area contributed by atoms with Gasteiger partial charge in [0.1, 0.15) is 6.04 Å². The lowest BCUT2D eigenvalue weighted by atomic mass is 9.90. The van der Waals surface area contributed by atoms with Gasteiger partial charge in [0.2, 0.25) is 5.91 Å². The van der Waals surface area contributed by atoms with Gasteiger partial charge in [0.05, 0.1) is 0 Å². The molecule has 5 heteroatoms. The van der Waals surface area contributed by atoms with Gasteiger partial charge in [0.25, 0.3) is 5.91 Å². The van der Waals surface area contributed by atoms with Gasteiger partial charge in [0.15, 0.2) is 0 Å². The molecule has 0 spiro atoms. The number of nitrogens with two attached hydrogens (primary N) is 1. The van der Waals surface area contributed by atoms with E-state index in [1.54, 1.807) is 6.07 Å². The summed E-state index contributed by atoms with van der Waals surface area (Å²) in [7, 11) is 0. The van der Waals surface area contributed by atoms with E-state index in [1.165, 1.54) is 0 Å². The average Bonchev–Trinajstić information content (AvgIpc) is 2.59. The largest absolute Gasteiger partial charge is 0.341 e. The lowest BCUT2D eigenvalue weighted by molar-refractivity contribution is -0.135. The fourth-order valence-electron chi connectivity index (χ4n) is 3.40. The molecule has 2 unspecified atom stereocenters. The first-order valence-corrected chi connectivity index (χ1v) is 9.22. The van der Waals surface area contributed by atoms with E-state index >= 15 is 0 Å². The molecule has 2 amide bonds. The summed E-state index contributed by atoms with van der Waals surface area (Å²) in [5, 5.41) is 2.95. The Kier molecular flexibility index (Phi) is 6.59. The second kappa shape index (κ2) is 8.48.